The summed E-state index contributed by atoms with van der Waals surface area (Å²) >= 11 is 6.18. The van der Waals surface area contributed by atoms with Crippen molar-refractivity contribution in [1.82, 2.24) is 9.62 Å². The van der Waals surface area contributed by atoms with E-state index in [0.29, 0.717) is 11.6 Å². The molecule has 118 valence electrons. The van der Waals surface area contributed by atoms with E-state index >= 15 is 0 Å². The van der Waals surface area contributed by atoms with Crippen molar-refractivity contribution in [2.24, 2.45) is 0 Å². The van der Waals surface area contributed by atoms with Crippen LogP contribution >= 0.6 is 11.6 Å². The average molecular weight is 331 g/mol. The summed E-state index contributed by atoms with van der Waals surface area (Å²) in [5.41, 5.74) is 0.961. The van der Waals surface area contributed by atoms with Gasteiger partial charge in [0.05, 0.1) is 5.02 Å². The van der Waals surface area contributed by atoms with Gasteiger partial charge in [0.25, 0.3) is 0 Å². The Morgan fingerprint density at radius 2 is 2.00 bits per heavy atom. The zero-order chi connectivity index (χ0) is 15.5. The molecule has 1 aliphatic rings. The number of nitrogens with one attached hydrogen (secondary N) is 1. The maximum Gasteiger partial charge on any atom is 0.244 e. The SMILES string of the molecule is CCCN(C1CCNCC1)S(=O)(=O)c1ccc(C)cc1Cl. The van der Waals surface area contributed by atoms with Crippen molar-refractivity contribution in [1.29, 1.82) is 0 Å². The Kier molecular flexibility index (Phi) is 5.66. The third-order valence-corrected chi connectivity index (χ3v) is 6.27. The molecule has 1 aromatic rings. The number of rotatable bonds is 5. The van der Waals surface area contributed by atoms with E-state index in [1.165, 1.54) is 0 Å². The zero-order valence-corrected chi connectivity index (χ0v) is 14.2. The van der Waals surface area contributed by atoms with Gasteiger partial charge in [0, 0.05) is 12.6 Å². The van der Waals surface area contributed by atoms with E-state index in [2.05, 4.69) is 5.32 Å². The van der Waals surface area contributed by atoms with Gasteiger partial charge in [-0.3, -0.25) is 0 Å². The fourth-order valence-electron chi connectivity index (χ4n) is 2.76. The second-order valence-corrected chi connectivity index (χ2v) is 7.80. The first-order valence-electron chi connectivity index (χ1n) is 7.45. The molecule has 1 aliphatic heterocycles. The van der Waals surface area contributed by atoms with E-state index in [-0.39, 0.29) is 10.9 Å². The number of nitrogens with zero attached hydrogens (tertiary/aromatic N) is 1. The van der Waals surface area contributed by atoms with Gasteiger partial charge in [0.2, 0.25) is 10.0 Å². The summed E-state index contributed by atoms with van der Waals surface area (Å²) < 4.78 is 27.6. The molecule has 0 saturated carbocycles. The molecular formula is C15H23ClN2O2S. The van der Waals surface area contributed by atoms with Gasteiger partial charge in [-0.15, -0.1) is 0 Å². The number of halogens is 1. The molecule has 0 aliphatic carbocycles. The second-order valence-electron chi connectivity index (χ2n) is 5.53. The maximum absolute atomic E-state index is 13.0. The Bertz CT molecular complexity index is 583. The van der Waals surface area contributed by atoms with Crippen LogP contribution < -0.4 is 5.32 Å². The third-order valence-electron chi connectivity index (χ3n) is 3.83. The summed E-state index contributed by atoms with van der Waals surface area (Å²) in [6, 6.07) is 5.19. The molecule has 0 unspecified atom stereocenters. The van der Waals surface area contributed by atoms with Crippen molar-refractivity contribution >= 4 is 21.6 Å². The Morgan fingerprint density at radius 3 is 2.57 bits per heavy atom. The van der Waals surface area contributed by atoms with Crippen molar-refractivity contribution < 1.29 is 8.42 Å². The molecule has 1 fully saturated rings. The summed E-state index contributed by atoms with van der Waals surface area (Å²) in [5.74, 6) is 0. The maximum atomic E-state index is 13.0. The van der Waals surface area contributed by atoms with Crippen LogP contribution in [0.5, 0.6) is 0 Å². The number of aryl methyl sites for hydroxylation is 1. The van der Waals surface area contributed by atoms with Gasteiger partial charge in [0.15, 0.2) is 0 Å². The smallest absolute Gasteiger partial charge is 0.244 e. The normalized spacial score (nSPS) is 17.3. The van der Waals surface area contributed by atoms with Gasteiger partial charge in [0.1, 0.15) is 4.90 Å². The molecule has 21 heavy (non-hydrogen) atoms. The highest BCUT2D eigenvalue weighted by atomic mass is 35.5. The highest BCUT2D eigenvalue weighted by molar-refractivity contribution is 7.89. The predicted octanol–water partition coefficient (Wildman–Crippen LogP) is 2.80. The zero-order valence-electron chi connectivity index (χ0n) is 12.6. The van der Waals surface area contributed by atoms with Crippen molar-refractivity contribution in [2.45, 2.75) is 44.0 Å². The minimum atomic E-state index is -3.54. The topological polar surface area (TPSA) is 49.4 Å². The van der Waals surface area contributed by atoms with Crippen LogP contribution in [-0.2, 0) is 10.0 Å². The van der Waals surface area contributed by atoms with E-state index in [4.69, 9.17) is 11.6 Å². The molecule has 1 aromatic carbocycles. The fraction of sp³-hybridized carbons (Fsp3) is 0.600. The van der Waals surface area contributed by atoms with Crippen molar-refractivity contribution in [2.75, 3.05) is 19.6 Å². The van der Waals surface area contributed by atoms with E-state index in [0.717, 1.165) is 37.9 Å². The largest absolute Gasteiger partial charge is 0.317 e. The molecule has 2 rings (SSSR count). The third kappa shape index (κ3) is 3.77. The summed E-state index contributed by atoms with van der Waals surface area (Å²) in [6.45, 7) is 6.17. The highest BCUT2D eigenvalue weighted by Crippen LogP contribution is 2.28. The molecule has 0 atom stereocenters. The van der Waals surface area contributed by atoms with Crippen LogP contribution in [0, 0.1) is 6.92 Å². The Hall–Kier alpha value is -0.620. The highest BCUT2D eigenvalue weighted by Gasteiger charge is 2.32. The minimum absolute atomic E-state index is 0.0635. The first-order chi connectivity index (χ1) is 9.96. The lowest BCUT2D eigenvalue weighted by atomic mass is 10.1. The number of hydrogen-bond donors (Lipinski definition) is 1. The second kappa shape index (κ2) is 7.09. The molecule has 0 radical (unpaired) electrons. The van der Waals surface area contributed by atoms with Crippen LogP contribution in [0.15, 0.2) is 23.1 Å². The molecular weight excluding hydrogens is 308 g/mol. The molecule has 4 nitrogen and oxygen atoms in total. The first kappa shape index (κ1) is 16.7. The van der Waals surface area contributed by atoms with Gasteiger partial charge < -0.3 is 5.32 Å². The van der Waals surface area contributed by atoms with Gasteiger partial charge >= 0.3 is 0 Å². The Morgan fingerprint density at radius 1 is 1.33 bits per heavy atom. The van der Waals surface area contributed by atoms with Crippen LogP contribution in [0.25, 0.3) is 0 Å². The molecule has 0 amide bonds. The lowest BCUT2D eigenvalue weighted by Gasteiger charge is -2.33. The number of sulfonamides is 1. The van der Waals surface area contributed by atoms with E-state index in [1.807, 2.05) is 13.8 Å². The summed E-state index contributed by atoms with van der Waals surface area (Å²) in [6.07, 6.45) is 2.50. The van der Waals surface area contributed by atoms with Crippen molar-refractivity contribution in [3.8, 4) is 0 Å². The van der Waals surface area contributed by atoms with Crippen LogP contribution in [0.1, 0.15) is 31.7 Å². The van der Waals surface area contributed by atoms with Crippen LogP contribution in [0.4, 0.5) is 0 Å². The Balaban J connectivity index is 2.36. The average Bonchev–Trinajstić information content (AvgIpc) is 2.45. The van der Waals surface area contributed by atoms with Gasteiger partial charge in [-0.05, 0) is 57.0 Å². The molecule has 6 heteroatoms. The number of benzene rings is 1. The molecule has 1 heterocycles. The molecule has 0 spiro atoms. The quantitative estimate of drug-likeness (QED) is 0.903. The van der Waals surface area contributed by atoms with Gasteiger partial charge in [-0.1, -0.05) is 24.6 Å². The standard InChI is InChI=1S/C15H23ClN2O2S/c1-3-10-18(13-6-8-17-9-7-13)21(19,20)15-5-4-12(2)11-14(15)16/h4-5,11,13,17H,3,6-10H2,1-2H3. The van der Waals surface area contributed by atoms with Crippen molar-refractivity contribution in [3.63, 3.8) is 0 Å². The lowest BCUT2D eigenvalue weighted by molar-refractivity contribution is 0.262. The monoisotopic (exact) mass is 330 g/mol. The van der Waals surface area contributed by atoms with Crippen LogP contribution in [-0.4, -0.2) is 38.4 Å². The lowest BCUT2D eigenvalue weighted by Crippen LogP contribution is -2.46. The summed E-state index contributed by atoms with van der Waals surface area (Å²) in [4.78, 5) is 0.224. The predicted molar refractivity (Wildman–Crippen MR) is 86.3 cm³/mol. The number of hydrogen-bond acceptors (Lipinski definition) is 3. The van der Waals surface area contributed by atoms with Gasteiger partial charge in [-0.25, -0.2) is 8.42 Å². The summed E-state index contributed by atoms with van der Waals surface area (Å²) in [7, 11) is -3.54. The minimum Gasteiger partial charge on any atom is -0.317 e. The molecule has 1 N–H and O–H groups in total. The molecule has 1 saturated heterocycles. The van der Waals surface area contributed by atoms with E-state index < -0.39 is 10.0 Å². The van der Waals surface area contributed by atoms with Gasteiger partial charge in [-0.2, -0.15) is 4.31 Å². The molecule has 0 bridgehead atoms. The Labute approximate surface area is 132 Å². The van der Waals surface area contributed by atoms with Crippen LogP contribution in [0.2, 0.25) is 5.02 Å². The van der Waals surface area contributed by atoms with Crippen molar-refractivity contribution in [3.05, 3.63) is 28.8 Å². The van der Waals surface area contributed by atoms with E-state index in [1.54, 1.807) is 22.5 Å². The molecule has 0 aromatic heterocycles. The first-order valence-corrected chi connectivity index (χ1v) is 9.27. The fourth-order valence-corrected chi connectivity index (χ4v) is 5.11. The van der Waals surface area contributed by atoms with E-state index in [9.17, 15) is 8.42 Å². The summed E-state index contributed by atoms with van der Waals surface area (Å²) in [5, 5.41) is 3.58. The number of piperidine rings is 1. The van der Waals surface area contributed by atoms with Crippen LogP contribution in [0.3, 0.4) is 0 Å².